The smallest absolute Gasteiger partial charge is 0.134 e. The van der Waals surface area contributed by atoms with Crippen molar-refractivity contribution in [3.05, 3.63) is 36.1 Å². The van der Waals surface area contributed by atoms with Crippen LogP contribution in [-0.2, 0) is 0 Å². The number of para-hydroxylation sites is 1. The summed E-state index contributed by atoms with van der Waals surface area (Å²) < 4.78 is 6.03. The highest BCUT2D eigenvalue weighted by Crippen LogP contribution is 2.53. The Bertz CT molecular complexity index is 536. The van der Waals surface area contributed by atoms with Crippen molar-refractivity contribution in [3.63, 3.8) is 0 Å². The molecule has 2 aromatic rings. The number of hydrogen-bond acceptors (Lipinski definition) is 2. The molecular formula is C17H23NO. The highest BCUT2D eigenvalue weighted by atomic mass is 16.3. The van der Waals surface area contributed by atoms with Crippen LogP contribution in [0.4, 0.5) is 0 Å². The van der Waals surface area contributed by atoms with Crippen molar-refractivity contribution in [1.82, 2.24) is 5.32 Å². The number of rotatable bonds is 4. The number of hydrogen-bond donors (Lipinski definition) is 1. The maximum absolute atomic E-state index is 6.03. The summed E-state index contributed by atoms with van der Waals surface area (Å²) in [6.07, 6.45) is 2.38. The van der Waals surface area contributed by atoms with Crippen LogP contribution in [0.3, 0.4) is 0 Å². The summed E-state index contributed by atoms with van der Waals surface area (Å²) in [4.78, 5) is 0. The van der Waals surface area contributed by atoms with Gasteiger partial charge in [0.15, 0.2) is 0 Å². The van der Waals surface area contributed by atoms with E-state index in [4.69, 9.17) is 4.42 Å². The van der Waals surface area contributed by atoms with E-state index in [0.29, 0.717) is 12.0 Å². The van der Waals surface area contributed by atoms with Gasteiger partial charge in [-0.3, -0.25) is 0 Å². The van der Waals surface area contributed by atoms with Gasteiger partial charge in [0.05, 0.1) is 0 Å². The average molecular weight is 257 g/mol. The molecule has 1 saturated carbocycles. The first-order valence-corrected chi connectivity index (χ1v) is 7.34. The predicted molar refractivity (Wildman–Crippen MR) is 79.4 cm³/mol. The van der Waals surface area contributed by atoms with Crippen LogP contribution >= 0.6 is 0 Å². The normalized spacial score (nSPS) is 25.4. The van der Waals surface area contributed by atoms with Gasteiger partial charge < -0.3 is 9.73 Å². The molecule has 2 unspecified atom stereocenters. The predicted octanol–water partition coefficient (Wildman–Crippen LogP) is 4.31. The van der Waals surface area contributed by atoms with E-state index in [0.717, 1.165) is 17.9 Å². The molecule has 1 heterocycles. The van der Waals surface area contributed by atoms with Crippen molar-refractivity contribution < 1.29 is 4.42 Å². The van der Waals surface area contributed by atoms with Crippen LogP contribution in [0.25, 0.3) is 11.0 Å². The van der Waals surface area contributed by atoms with E-state index in [2.05, 4.69) is 50.4 Å². The maximum atomic E-state index is 6.03. The lowest BCUT2D eigenvalue weighted by atomic mass is 9.57. The molecule has 1 fully saturated rings. The summed E-state index contributed by atoms with van der Waals surface area (Å²) >= 11 is 0. The van der Waals surface area contributed by atoms with Crippen molar-refractivity contribution in [3.8, 4) is 0 Å². The van der Waals surface area contributed by atoms with E-state index in [-0.39, 0.29) is 5.41 Å². The Morgan fingerprint density at radius 3 is 2.79 bits per heavy atom. The summed E-state index contributed by atoms with van der Waals surface area (Å²) in [5, 5.41) is 4.87. The van der Waals surface area contributed by atoms with E-state index in [9.17, 15) is 0 Å². The molecule has 1 aliphatic rings. The lowest BCUT2D eigenvalue weighted by Gasteiger charge is -2.51. The first kappa shape index (κ1) is 12.7. The van der Waals surface area contributed by atoms with Crippen LogP contribution in [0.15, 0.2) is 34.7 Å². The van der Waals surface area contributed by atoms with Gasteiger partial charge in [0, 0.05) is 17.3 Å². The lowest BCUT2D eigenvalue weighted by Crippen LogP contribution is -2.55. The van der Waals surface area contributed by atoms with E-state index in [1.165, 1.54) is 18.2 Å². The van der Waals surface area contributed by atoms with Crippen molar-refractivity contribution in [2.75, 3.05) is 6.54 Å². The SMILES string of the molecule is CCCNC1CC(c2cc3ccccc3o2)C1(C)C. The summed E-state index contributed by atoms with van der Waals surface area (Å²) in [5.74, 6) is 1.69. The Balaban J connectivity index is 1.80. The van der Waals surface area contributed by atoms with Crippen molar-refractivity contribution in [2.45, 2.75) is 45.6 Å². The zero-order chi connectivity index (χ0) is 13.5. The third-order valence-corrected chi connectivity index (χ3v) is 4.70. The van der Waals surface area contributed by atoms with Gasteiger partial charge >= 0.3 is 0 Å². The van der Waals surface area contributed by atoms with Gasteiger partial charge in [-0.05, 0) is 36.9 Å². The Hall–Kier alpha value is -1.28. The van der Waals surface area contributed by atoms with Crippen LogP contribution in [0.5, 0.6) is 0 Å². The average Bonchev–Trinajstić information content (AvgIpc) is 2.80. The molecule has 0 spiro atoms. The molecular weight excluding hydrogens is 234 g/mol. The highest BCUT2D eigenvalue weighted by molar-refractivity contribution is 5.77. The molecule has 19 heavy (non-hydrogen) atoms. The number of nitrogens with one attached hydrogen (secondary N) is 1. The molecule has 0 radical (unpaired) electrons. The second-order valence-corrected chi connectivity index (χ2v) is 6.30. The van der Waals surface area contributed by atoms with Gasteiger partial charge in [-0.1, -0.05) is 39.0 Å². The molecule has 1 N–H and O–H groups in total. The molecule has 2 nitrogen and oxygen atoms in total. The van der Waals surface area contributed by atoms with E-state index in [1.807, 2.05) is 6.07 Å². The number of furan rings is 1. The van der Waals surface area contributed by atoms with Gasteiger partial charge in [-0.15, -0.1) is 0 Å². The molecule has 1 aromatic carbocycles. The Morgan fingerprint density at radius 2 is 2.11 bits per heavy atom. The fourth-order valence-corrected chi connectivity index (χ4v) is 3.25. The number of fused-ring (bicyclic) bond motifs is 1. The van der Waals surface area contributed by atoms with Crippen LogP contribution in [0, 0.1) is 5.41 Å². The van der Waals surface area contributed by atoms with Gasteiger partial charge in [0.1, 0.15) is 11.3 Å². The van der Waals surface area contributed by atoms with E-state index < -0.39 is 0 Å². The summed E-state index contributed by atoms with van der Waals surface area (Å²) in [6, 6.07) is 11.1. The van der Waals surface area contributed by atoms with Crippen LogP contribution < -0.4 is 5.32 Å². The van der Waals surface area contributed by atoms with Crippen molar-refractivity contribution in [2.24, 2.45) is 5.41 Å². The number of benzene rings is 1. The first-order chi connectivity index (χ1) is 9.13. The first-order valence-electron chi connectivity index (χ1n) is 7.34. The van der Waals surface area contributed by atoms with Crippen LogP contribution in [0.2, 0.25) is 0 Å². The largest absolute Gasteiger partial charge is 0.461 e. The molecule has 0 saturated heterocycles. The quantitative estimate of drug-likeness (QED) is 0.882. The molecule has 2 heteroatoms. The van der Waals surface area contributed by atoms with Gasteiger partial charge in [0.2, 0.25) is 0 Å². The zero-order valence-corrected chi connectivity index (χ0v) is 12.1. The highest BCUT2D eigenvalue weighted by Gasteiger charge is 2.49. The van der Waals surface area contributed by atoms with Crippen molar-refractivity contribution in [1.29, 1.82) is 0 Å². The summed E-state index contributed by atoms with van der Waals surface area (Å²) in [6.45, 7) is 8.03. The third-order valence-electron chi connectivity index (χ3n) is 4.70. The molecule has 1 aliphatic carbocycles. The van der Waals surface area contributed by atoms with Crippen LogP contribution in [-0.4, -0.2) is 12.6 Å². The summed E-state index contributed by atoms with van der Waals surface area (Å²) in [5.41, 5.74) is 1.29. The molecule has 2 atom stereocenters. The van der Waals surface area contributed by atoms with Gasteiger partial charge in [0.25, 0.3) is 0 Å². The Labute approximate surface area is 115 Å². The van der Waals surface area contributed by atoms with Gasteiger partial charge in [-0.2, -0.15) is 0 Å². The molecule has 102 valence electrons. The minimum absolute atomic E-state index is 0.281. The van der Waals surface area contributed by atoms with E-state index in [1.54, 1.807) is 0 Å². The third kappa shape index (κ3) is 2.08. The summed E-state index contributed by atoms with van der Waals surface area (Å²) in [7, 11) is 0. The maximum Gasteiger partial charge on any atom is 0.134 e. The minimum Gasteiger partial charge on any atom is -0.461 e. The molecule has 0 bridgehead atoms. The molecule has 1 aromatic heterocycles. The fraction of sp³-hybridized carbons (Fsp3) is 0.529. The van der Waals surface area contributed by atoms with Crippen molar-refractivity contribution >= 4 is 11.0 Å². The molecule has 3 rings (SSSR count). The van der Waals surface area contributed by atoms with E-state index >= 15 is 0 Å². The second-order valence-electron chi connectivity index (χ2n) is 6.30. The minimum atomic E-state index is 0.281. The standard InChI is InChI=1S/C17H23NO/c1-4-9-18-16-11-13(17(16,2)3)15-10-12-7-5-6-8-14(12)19-15/h5-8,10,13,16,18H,4,9,11H2,1-3H3. The zero-order valence-electron chi connectivity index (χ0n) is 12.1. The monoisotopic (exact) mass is 257 g/mol. The second kappa shape index (κ2) is 4.68. The van der Waals surface area contributed by atoms with Crippen LogP contribution in [0.1, 0.15) is 45.3 Å². The molecule has 0 amide bonds. The molecule has 0 aliphatic heterocycles. The lowest BCUT2D eigenvalue weighted by molar-refractivity contribution is 0.0568. The Morgan fingerprint density at radius 1 is 1.32 bits per heavy atom. The topological polar surface area (TPSA) is 25.2 Å². The van der Waals surface area contributed by atoms with Gasteiger partial charge in [-0.25, -0.2) is 0 Å². The fourth-order valence-electron chi connectivity index (χ4n) is 3.25. The Kier molecular flexibility index (Phi) is 3.14.